The number of rotatable bonds is 6. The van der Waals surface area contributed by atoms with Gasteiger partial charge in [-0.25, -0.2) is 8.60 Å². The first-order valence-corrected chi connectivity index (χ1v) is 9.65. The molecule has 0 aromatic heterocycles. The van der Waals surface area contributed by atoms with Gasteiger partial charge in [0.15, 0.2) is 11.0 Å². The number of anilines is 2. The molecule has 29 heavy (non-hydrogen) atoms. The minimum absolute atomic E-state index is 0.120. The molecule has 1 unspecified atom stereocenters. The van der Waals surface area contributed by atoms with Crippen molar-refractivity contribution in [1.29, 1.82) is 0 Å². The van der Waals surface area contributed by atoms with Crippen LogP contribution in [-0.2, 0) is 11.0 Å². The number of nitro groups is 1. The largest absolute Gasteiger partial charge is 0.322 e. The van der Waals surface area contributed by atoms with E-state index in [9.17, 15) is 23.5 Å². The molecule has 0 spiro atoms. The Hall–Kier alpha value is -3.30. The summed E-state index contributed by atoms with van der Waals surface area (Å²) in [5.41, 5.74) is 0.773. The Balaban J connectivity index is 1.74. The molecule has 148 valence electrons. The summed E-state index contributed by atoms with van der Waals surface area (Å²) in [6.07, 6.45) is 0. The first-order valence-electron chi connectivity index (χ1n) is 8.13. The average Bonchev–Trinajstić information content (AvgIpc) is 2.71. The lowest BCUT2D eigenvalue weighted by molar-refractivity contribution is -0.385. The predicted octanol–water partition coefficient (Wildman–Crippen LogP) is 4.77. The van der Waals surface area contributed by atoms with Crippen LogP contribution in [0.5, 0.6) is 0 Å². The molecule has 0 radical (unpaired) electrons. The molecule has 0 heterocycles. The number of non-ortho nitro benzene ring substituents is 1. The molecule has 0 saturated heterocycles. The lowest BCUT2D eigenvalue weighted by Gasteiger charge is -2.09. The Labute approximate surface area is 172 Å². The predicted molar refractivity (Wildman–Crippen MR) is 109 cm³/mol. The Morgan fingerprint density at radius 3 is 2.52 bits per heavy atom. The summed E-state index contributed by atoms with van der Waals surface area (Å²) in [4.78, 5) is 22.9. The molecular formula is C19H13ClFN3O4S. The summed E-state index contributed by atoms with van der Waals surface area (Å²) < 4.78 is 28.4. The fourth-order valence-corrected chi connectivity index (χ4v) is 3.45. The van der Waals surface area contributed by atoms with E-state index in [-0.39, 0.29) is 21.2 Å². The Bertz CT molecular complexity index is 1130. The van der Waals surface area contributed by atoms with Crippen LogP contribution in [0.3, 0.4) is 0 Å². The molecule has 2 N–H and O–H groups in total. The number of nitrogens with zero attached hydrogens (tertiary/aromatic N) is 1. The zero-order valence-electron chi connectivity index (χ0n) is 14.6. The minimum atomic E-state index is -1.77. The number of carbonyl (C=O) groups is 1. The highest BCUT2D eigenvalue weighted by Gasteiger charge is 2.12. The number of nitro benzene ring substituents is 1. The molecule has 0 bridgehead atoms. The lowest BCUT2D eigenvalue weighted by atomic mass is 10.2. The monoisotopic (exact) mass is 433 g/mol. The zero-order valence-corrected chi connectivity index (χ0v) is 16.2. The van der Waals surface area contributed by atoms with Gasteiger partial charge in [0, 0.05) is 29.1 Å². The highest BCUT2D eigenvalue weighted by atomic mass is 35.5. The van der Waals surface area contributed by atoms with Gasteiger partial charge in [-0.05, 0) is 42.5 Å². The van der Waals surface area contributed by atoms with Crippen molar-refractivity contribution in [2.45, 2.75) is 4.90 Å². The second-order valence-electron chi connectivity index (χ2n) is 5.79. The smallest absolute Gasteiger partial charge is 0.270 e. The molecule has 7 nitrogen and oxygen atoms in total. The normalized spacial score (nSPS) is 11.5. The molecule has 1 amide bonds. The van der Waals surface area contributed by atoms with Crippen LogP contribution in [0.15, 0.2) is 71.6 Å². The van der Waals surface area contributed by atoms with E-state index in [1.807, 2.05) is 0 Å². The lowest BCUT2D eigenvalue weighted by Crippen LogP contribution is -2.13. The molecular weight excluding hydrogens is 421 g/mol. The fourth-order valence-electron chi connectivity index (χ4n) is 2.38. The van der Waals surface area contributed by atoms with E-state index in [2.05, 4.69) is 10.0 Å². The average molecular weight is 434 g/mol. The summed E-state index contributed by atoms with van der Waals surface area (Å²) in [7, 11) is -1.77. The van der Waals surface area contributed by atoms with Crippen LogP contribution >= 0.6 is 11.6 Å². The van der Waals surface area contributed by atoms with Crippen LogP contribution in [-0.4, -0.2) is 15.0 Å². The van der Waals surface area contributed by atoms with E-state index < -0.39 is 27.6 Å². The van der Waals surface area contributed by atoms with E-state index in [0.717, 1.165) is 6.07 Å². The number of nitrogens with one attached hydrogen (secondary N) is 2. The van der Waals surface area contributed by atoms with Crippen LogP contribution < -0.4 is 10.0 Å². The van der Waals surface area contributed by atoms with E-state index in [4.69, 9.17) is 11.6 Å². The van der Waals surface area contributed by atoms with E-state index in [1.54, 1.807) is 18.2 Å². The minimum Gasteiger partial charge on any atom is -0.322 e. The first-order chi connectivity index (χ1) is 13.8. The summed E-state index contributed by atoms with van der Waals surface area (Å²) in [6, 6.07) is 15.4. The summed E-state index contributed by atoms with van der Waals surface area (Å²) in [5, 5.41) is 13.3. The van der Waals surface area contributed by atoms with Gasteiger partial charge in [-0.15, -0.1) is 0 Å². The summed E-state index contributed by atoms with van der Waals surface area (Å²) in [5.74, 6) is -1.07. The molecule has 3 aromatic carbocycles. The number of benzene rings is 3. The molecule has 0 aliphatic carbocycles. The standard InChI is InChI=1S/C19H13ClFN3O4S/c20-17-10-13(7-8-18(17)21)22-19(25)12-3-1-4-14(9-12)23-29(28)16-6-2-5-15(11-16)24(26)27/h1-11,23H,(H,22,25). The second kappa shape index (κ2) is 8.80. The molecule has 3 rings (SSSR count). The van der Waals surface area contributed by atoms with Gasteiger partial charge in [-0.1, -0.05) is 23.7 Å². The number of carbonyl (C=O) groups excluding carboxylic acids is 1. The van der Waals surface area contributed by atoms with Crippen molar-refractivity contribution in [3.63, 3.8) is 0 Å². The third-order valence-corrected chi connectivity index (χ3v) is 5.15. The molecule has 0 aliphatic rings. The van der Waals surface area contributed by atoms with Gasteiger partial charge >= 0.3 is 0 Å². The third-order valence-electron chi connectivity index (χ3n) is 3.76. The van der Waals surface area contributed by atoms with Gasteiger partial charge in [0.1, 0.15) is 5.82 Å². The number of hydrogen-bond acceptors (Lipinski definition) is 4. The van der Waals surface area contributed by atoms with E-state index in [0.29, 0.717) is 11.4 Å². The van der Waals surface area contributed by atoms with E-state index in [1.165, 1.54) is 42.5 Å². The highest BCUT2D eigenvalue weighted by Crippen LogP contribution is 2.21. The molecule has 1 atom stereocenters. The quantitative estimate of drug-likeness (QED) is 0.431. The van der Waals surface area contributed by atoms with Gasteiger partial charge in [-0.3, -0.25) is 14.9 Å². The third kappa shape index (κ3) is 5.15. The van der Waals surface area contributed by atoms with Crippen molar-refractivity contribution in [3.05, 3.63) is 93.2 Å². The Morgan fingerprint density at radius 2 is 1.79 bits per heavy atom. The van der Waals surface area contributed by atoms with Gasteiger partial charge in [0.05, 0.1) is 14.8 Å². The second-order valence-corrected chi connectivity index (χ2v) is 7.41. The van der Waals surface area contributed by atoms with Crippen molar-refractivity contribution < 1.29 is 18.3 Å². The zero-order chi connectivity index (χ0) is 21.0. The number of hydrogen-bond donors (Lipinski definition) is 2. The van der Waals surface area contributed by atoms with Crippen molar-refractivity contribution in [3.8, 4) is 0 Å². The maximum atomic E-state index is 13.2. The Kier molecular flexibility index (Phi) is 6.20. The van der Waals surface area contributed by atoms with Crippen molar-refractivity contribution >= 4 is 45.6 Å². The number of halogens is 2. The highest BCUT2D eigenvalue weighted by molar-refractivity contribution is 7.86. The van der Waals surface area contributed by atoms with Crippen LogP contribution in [0, 0.1) is 15.9 Å². The van der Waals surface area contributed by atoms with Gasteiger partial charge in [-0.2, -0.15) is 0 Å². The maximum absolute atomic E-state index is 13.2. The SMILES string of the molecule is O=C(Nc1ccc(F)c(Cl)c1)c1cccc(NS(=O)c2cccc([N+](=O)[O-])c2)c1. The van der Waals surface area contributed by atoms with Crippen molar-refractivity contribution in [2.75, 3.05) is 10.0 Å². The molecule has 10 heteroatoms. The van der Waals surface area contributed by atoms with Crippen LogP contribution in [0.2, 0.25) is 5.02 Å². The van der Waals surface area contributed by atoms with Crippen molar-refractivity contribution in [1.82, 2.24) is 0 Å². The fraction of sp³-hybridized carbons (Fsp3) is 0. The van der Waals surface area contributed by atoms with Crippen LogP contribution in [0.4, 0.5) is 21.5 Å². The Morgan fingerprint density at radius 1 is 1.03 bits per heavy atom. The maximum Gasteiger partial charge on any atom is 0.270 e. The van der Waals surface area contributed by atoms with Gasteiger partial charge < -0.3 is 10.0 Å². The van der Waals surface area contributed by atoms with Gasteiger partial charge in [0.2, 0.25) is 0 Å². The van der Waals surface area contributed by atoms with E-state index >= 15 is 0 Å². The molecule has 0 saturated carbocycles. The summed E-state index contributed by atoms with van der Waals surface area (Å²) >= 11 is 5.70. The molecule has 3 aromatic rings. The topological polar surface area (TPSA) is 101 Å². The number of amides is 1. The molecule has 0 aliphatic heterocycles. The van der Waals surface area contributed by atoms with Crippen LogP contribution in [0.1, 0.15) is 10.4 Å². The van der Waals surface area contributed by atoms with Crippen molar-refractivity contribution in [2.24, 2.45) is 0 Å². The summed E-state index contributed by atoms with van der Waals surface area (Å²) in [6.45, 7) is 0. The first kappa shape index (κ1) is 20.4. The van der Waals surface area contributed by atoms with Gasteiger partial charge in [0.25, 0.3) is 11.6 Å². The van der Waals surface area contributed by atoms with Crippen LogP contribution in [0.25, 0.3) is 0 Å². The molecule has 0 fully saturated rings.